The van der Waals surface area contributed by atoms with Gasteiger partial charge in [0.05, 0.1) is 0 Å². The zero-order valence-electron chi connectivity index (χ0n) is 14.9. The summed E-state index contributed by atoms with van der Waals surface area (Å²) in [5.74, 6) is 0. The molecule has 0 aliphatic carbocycles. The Kier molecular flexibility index (Phi) is 5.39. The third kappa shape index (κ3) is 4.77. The first-order valence-electron chi connectivity index (χ1n) is 8.38. The van der Waals surface area contributed by atoms with E-state index in [-0.39, 0.29) is 6.03 Å². The lowest BCUT2D eigenvalue weighted by Gasteiger charge is -2.13. The molecule has 26 heavy (non-hydrogen) atoms. The summed E-state index contributed by atoms with van der Waals surface area (Å²) in [5.41, 5.74) is 4.60. The number of rotatable bonds is 5. The Bertz CT molecular complexity index is 843. The lowest BCUT2D eigenvalue weighted by Crippen LogP contribution is -2.19. The van der Waals surface area contributed by atoms with Gasteiger partial charge in [0.1, 0.15) is 0 Å². The summed E-state index contributed by atoms with van der Waals surface area (Å²) in [6.45, 7) is 0. The summed E-state index contributed by atoms with van der Waals surface area (Å²) in [7, 11) is 4.03. The Balaban J connectivity index is 1.57. The number of hydrogen-bond acceptors (Lipinski definition) is 3. The second-order valence-electron chi connectivity index (χ2n) is 6.09. The molecule has 0 atom stereocenters. The lowest BCUT2D eigenvalue weighted by molar-refractivity contribution is 0.262. The van der Waals surface area contributed by atoms with Crippen LogP contribution in [0.15, 0.2) is 78.9 Å². The van der Waals surface area contributed by atoms with E-state index in [1.54, 1.807) is 0 Å². The van der Waals surface area contributed by atoms with Gasteiger partial charge in [-0.2, -0.15) is 0 Å². The van der Waals surface area contributed by atoms with Gasteiger partial charge in [-0.15, -0.1) is 0 Å². The van der Waals surface area contributed by atoms with Gasteiger partial charge in [0, 0.05) is 42.5 Å². The molecule has 3 aromatic rings. The van der Waals surface area contributed by atoms with Gasteiger partial charge in [0.15, 0.2) is 0 Å². The molecule has 0 spiro atoms. The molecule has 132 valence electrons. The Morgan fingerprint density at radius 1 is 0.654 bits per heavy atom. The number of urea groups is 1. The average molecular weight is 346 g/mol. The highest BCUT2D eigenvalue weighted by Gasteiger charge is 2.03. The van der Waals surface area contributed by atoms with Crippen molar-refractivity contribution < 1.29 is 4.79 Å². The summed E-state index contributed by atoms with van der Waals surface area (Å²) in [4.78, 5) is 14.1. The van der Waals surface area contributed by atoms with Crippen molar-refractivity contribution in [1.82, 2.24) is 0 Å². The van der Waals surface area contributed by atoms with Crippen LogP contribution in [0.1, 0.15) is 0 Å². The van der Waals surface area contributed by atoms with Crippen molar-refractivity contribution in [3.05, 3.63) is 78.9 Å². The highest BCUT2D eigenvalue weighted by atomic mass is 16.2. The Hall–Kier alpha value is -3.47. The smallest absolute Gasteiger partial charge is 0.323 e. The molecule has 3 rings (SSSR count). The van der Waals surface area contributed by atoms with Gasteiger partial charge >= 0.3 is 6.03 Å². The molecule has 0 saturated carbocycles. The molecule has 3 N–H and O–H groups in total. The molecule has 0 unspecified atom stereocenters. The van der Waals surface area contributed by atoms with E-state index in [0.717, 1.165) is 28.4 Å². The summed E-state index contributed by atoms with van der Waals surface area (Å²) in [6.07, 6.45) is 0. The van der Waals surface area contributed by atoms with Crippen LogP contribution in [0.3, 0.4) is 0 Å². The molecule has 0 aliphatic heterocycles. The molecule has 5 nitrogen and oxygen atoms in total. The number of amides is 2. The van der Waals surface area contributed by atoms with Crippen molar-refractivity contribution in [2.24, 2.45) is 0 Å². The molecular formula is C21H22N4O. The van der Waals surface area contributed by atoms with E-state index >= 15 is 0 Å². The quantitative estimate of drug-likeness (QED) is 0.599. The third-order valence-electron chi connectivity index (χ3n) is 3.85. The van der Waals surface area contributed by atoms with Crippen LogP contribution in [-0.4, -0.2) is 20.1 Å². The van der Waals surface area contributed by atoms with Crippen molar-refractivity contribution in [3.63, 3.8) is 0 Å². The fourth-order valence-corrected chi connectivity index (χ4v) is 2.46. The van der Waals surface area contributed by atoms with Gasteiger partial charge < -0.3 is 20.9 Å². The number of carbonyl (C=O) groups is 1. The van der Waals surface area contributed by atoms with Crippen molar-refractivity contribution in [2.45, 2.75) is 0 Å². The zero-order valence-corrected chi connectivity index (χ0v) is 14.9. The molecule has 3 aromatic carbocycles. The highest BCUT2D eigenvalue weighted by molar-refractivity contribution is 5.99. The normalized spacial score (nSPS) is 10.1. The number of hydrogen-bond donors (Lipinski definition) is 3. The van der Waals surface area contributed by atoms with E-state index in [4.69, 9.17) is 0 Å². The van der Waals surface area contributed by atoms with Crippen molar-refractivity contribution in [1.29, 1.82) is 0 Å². The molecule has 0 aromatic heterocycles. The largest absolute Gasteiger partial charge is 0.378 e. The fourth-order valence-electron chi connectivity index (χ4n) is 2.46. The standard InChI is InChI=1S/C21H22N4O/c1-25(2)20-14-12-18(13-15-20)22-17-8-10-19(11-9-17)24-21(26)23-16-6-4-3-5-7-16/h3-15,22H,1-2H3,(H2,23,24,26). The van der Waals surface area contributed by atoms with Crippen LogP contribution in [0.25, 0.3) is 0 Å². The monoisotopic (exact) mass is 346 g/mol. The molecule has 0 aliphatic rings. The van der Waals surface area contributed by atoms with Crippen LogP contribution in [0.4, 0.5) is 33.2 Å². The van der Waals surface area contributed by atoms with Gasteiger partial charge in [-0.3, -0.25) is 0 Å². The van der Waals surface area contributed by atoms with Crippen LogP contribution < -0.4 is 20.9 Å². The molecule has 0 radical (unpaired) electrons. The first-order valence-corrected chi connectivity index (χ1v) is 8.38. The van der Waals surface area contributed by atoms with Crippen LogP contribution in [0, 0.1) is 0 Å². The number of carbonyl (C=O) groups excluding carboxylic acids is 1. The maximum Gasteiger partial charge on any atom is 0.323 e. The average Bonchev–Trinajstić information content (AvgIpc) is 2.64. The highest BCUT2D eigenvalue weighted by Crippen LogP contribution is 2.21. The summed E-state index contributed by atoms with van der Waals surface area (Å²) in [5, 5.41) is 8.95. The second kappa shape index (κ2) is 8.07. The van der Waals surface area contributed by atoms with E-state index in [1.807, 2.05) is 80.8 Å². The minimum absolute atomic E-state index is 0.267. The summed E-state index contributed by atoms with van der Waals surface area (Å²) in [6, 6.07) is 24.9. The van der Waals surface area contributed by atoms with Gasteiger partial charge in [0.2, 0.25) is 0 Å². The van der Waals surface area contributed by atoms with Crippen molar-refractivity contribution >= 4 is 34.5 Å². The minimum atomic E-state index is -0.267. The molecule has 0 bridgehead atoms. The van der Waals surface area contributed by atoms with E-state index in [9.17, 15) is 4.79 Å². The third-order valence-corrected chi connectivity index (χ3v) is 3.85. The number of benzene rings is 3. The number of nitrogens with one attached hydrogen (secondary N) is 3. The van der Waals surface area contributed by atoms with Gasteiger partial charge in [-0.25, -0.2) is 4.79 Å². The fraction of sp³-hybridized carbons (Fsp3) is 0.0952. The van der Waals surface area contributed by atoms with Gasteiger partial charge in [0.25, 0.3) is 0 Å². The predicted octanol–water partition coefficient (Wildman–Crippen LogP) is 5.14. The van der Waals surface area contributed by atoms with Crippen LogP contribution in [-0.2, 0) is 0 Å². The second-order valence-corrected chi connectivity index (χ2v) is 6.09. The Morgan fingerprint density at radius 2 is 1.12 bits per heavy atom. The maximum atomic E-state index is 12.0. The molecule has 0 fully saturated rings. The number of nitrogens with zero attached hydrogens (tertiary/aromatic N) is 1. The first-order chi connectivity index (χ1) is 12.6. The molecular weight excluding hydrogens is 324 g/mol. The number of para-hydroxylation sites is 1. The van der Waals surface area contributed by atoms with E-state index < -0.39 is 0 Å². The first kappa shape index (κ1) is 17.4. The van der Waals surface area contributed by atoms with Crippen LogP contribution >= 0.6 is 0 Å². The summed E-state index contributed by atoms with van der Waals surface area (Å²) < 4.78 is 0. The maximum absolute atomic E-state index is 12.0. The van der Waals surface area contributed by atoms with Gasteiger partial charge in [-0.05, 0) is 60.7 Å². The van der Waals surface area contributed by atoms with E-state index in [2.05, 4.69) is 33.0 Å². The van der Waals surface area contributed by atoms with Crippen LogP contribution in [0.5, 0.6) is 0 Å². The van der Waals surface area contributed by atoms with Gasteiger partial charge in [-0.1, -0.05) is 18.2 Å². The van der Waals surface area contributed by atoms with Crippen molar-refractivity contribution in [2.75, 3.05) is 34.9 Å². The topological polar surface area (TPSA) is 56.4 Å². The van der Waals surface area contributed by atoms with Crippen LogP contribution in [0.2, 0.25) is 0 Å². The SMILES string of the molecule is CN(C)c1ccc(Nc2ccc(NC(=O)Nc3ccccc3)cc2)cc1. The zero-order chi connectivity index (χ0) is 18.4. The molecule has 2 amide bonds. The molecule has 0 saturated heterocycles. The van der Waals surface area contributed by atoms with Crippen molar-refractivity contribution in [3.8, 4) is 0 Å². The molecule has 5 heteroatoms. The van der Waals surface area contributed by atoms with E-state index in [1.165, 1.54) is 0 Å². The minimum Gasteiger partial charge on any atom is -0.378 e. The lowest BCUT2D eigenvalue weighted by atomic mass is 10.2. The predicted molar refractivity (Wildman–Crippen MR) is 110 cm³/mol. The Labute approximate surface area is 153 Å². The van der Waals surface area contributed by atoms with E-state index in [0.29, 0.717) is 0 Å². The molecule has 0 heterocycles. The number of anilines is 5. The Morgan fingerprint density at radius 3 is 1.65 bits per heavy atom. The summed E-state index contributed by atoms with van der Waals surface area (Å²) >= 11 is 0.